The van der Waals surface area contributed by atoms with Crippen molar-refractivity contribution in [1.82, 2.24) is 4.90 Å². The Morgan fingerprint density at radius 3 is 2.37 bits per heavy atom. The highest BCUT2D eigenvalue weighted by Crippen LogP contribution is 2.20. The number of carbonyl (C=O) groups is 1. The van der Waals surface area contributed by atoms with Crippen LogP contribution in [0.5, 0.6) is 5.75 Å². The van der Waals surface area contributed by atoms with Gasteiger partial charge in [0, 0.05) is 38.8 Å². The number of hydrogen-bond acceptors (Lipinski definition) is 4. The van der Waals surface area contributed by atoms with Crippen LogP contribution in [-0.2, 0) is 4.79 Å². The van der Waals surface area contributed by atoms with Gasteiger partial charge in [-0.1, -0.05) is 0 Å². The summed E-state index contributed by atoms with van der Waals surface area (Å²) < 4.78 is 5.32. The SMILES string of the molecule is CC(=O)N1CCN(c2ccc(OCCO)cc2)CC1. The number of carbonyl (C=O) groups excluding carboxylic acids is 1. The fraction of sp³-hybridized carbons (Fsp3) is 0.500. The smallest absolute Gasteiger partial charge is 0.219 e. The Bertz CT molecular complexity index is 411. The number of piperazine rings is 1. The van der Waals surface area contributed by atoms with Crippen molar-refractivity contribution in [3.8, 4) is 5.75 Å². The van der Waals surface area contributed by atoms with Gasteiger partial charge < -0.3 is 19.6 Å². The number of amides is 1. The van der Waals surface area contributed by atoms with Crippen LogP contribution in [0.2, 0.25) is 0 Å². The molecular formula is C14H20N2O3. The van der Waals surface area contributed by atoms with Crippen molar-refractivity contribution in [2.24, 2.45) is 0 Å². The standard InChI is InChI=1S/C14H20N2O3/c1-12(18)15-6-8-16(9-7-15)13-2-4-14(5-3-13)19-11-10-17/h2-5,17H,6-11H2,1H3. The van der Waals surface area contributed by atoms with E-state index in [-0.39, 0.29) is 12.5 Å². The summed E-state index contributed by atoms with van der Waals surface area (Å²) in [5.74, 6) is 0.910. The van der Waals surface area contributed by atoms with E-state index in [2.05, 4.69) is 4.90 Å². The van der Waals surface area contributed by atoms with Gasteiger partial charge in [0.25, 0.3) is 0 Å². The minimum Gasteiger partial charge on any atom is -0.491 e. The lowest BCUT2D eigenvalue weighted by molar-refractivity contribution is -0.129. The summed E-state index contributed by atoms with van der Waals surface area (Å²) in [5.41, 5.74) is 1.14. The number of aliphatic hydroxyl groups is 1. The van der Waals surface area contributed by atoms with E-state index < -0.39 is 0 Å². The van der Waals surface area contributed by atoms with E-state index in [1.807, 2.05) is 29.2 Å². The molecule has 0 radical (unpaired) electrons. The summed E-state index contributed by atoms with van der Waals surface area (Å²) in [5, 5.41) is 8.69. The first-order valence-electron chi connectivity index (χ1n) is 6.55. The van der Waals surface area contributed by atoms with Crippen molar-refractivity contribution in [3.05, 3.63) is 24.3 Å². The van der Waals surface area contributed by atoms with Crippen molar-refractivity contribution in [2.75, 3.05) is 44.3 Å². The zero-order valence-corrected chi connectivity index (χ0v) is 11.2. The van der Waals surface area contributed by atoms with Crippen molar-refractivity contribution >= 4 is 11.6 Å². The second-order valence-corrected chi connectivity index (χ2v) is 4.56. The molecule has 5 nitrogen and oxygen atoms in total. The quantitative estimate of drug-likeness (QED) is 0.871. The van der Waals surface area contributed by atoms with E-state index in [0.717, 1.165) is 37.6 Å². The zero-order chi connectivity index (χ0) is 13.7. The molecule has 1 fully saturated rings. The van der Waals surface area contributed by atoms with E-state index in [1.165, 1.54) is 0 Å². The van der Waals surface area contributed by atoms with Crippen LogP contribution in [0, 0.1) is 0 Å². The van der Waals surface area contributed by atoms with Crippen molar-refractivity contribution in [3.63, 3.8) is 0 Å². The van der Waals surface area contributed by atoms with E-state index in [1.54, 1.807) is 6.92 Å². The van der Waals surface area contributed by atoms with Crippen LogP contribution in [0.4, 0.5) is 5.69 Å². The first-order valence-corrected chi connectivity index (χ1v) is 6.55. The highest BCUT2D eigenvalue weighted by atomic mass is 16.5. The van der Waals surface area contributed by atoms with Gasteiger partial charge in [-0.2, -0.15) is 0 Å². The molecule has 0 saturated carbocycles. The van der Waals surface area contributed by atoms with Crippen molar-refractivity contribution in [2.45, 2.75) is 6.92 Å². The largest absolute Gasteiger partial charge is 0.491 e. The summed E-state index contributed by atoms with van der Waals surface area (Å²) >= 11 is 0. The molecule has 0 bridgehead atoms. The Morgan fingerprint density at radius 2 is 1.84 bits per heavy atom. The number of hydrogen-bond donors (Lipinski definition) is 1. The van der Waals surface area contributed by atoms with Gasteiger partial charge in [-0.15, -0.1) is 0 Å². The molecule has 1 N–H and O–H groups in total. The molecule has 0 aromatic heterocycles. The molecule has 1 aromatic rings. The molecule has 0 unspecified atom stereocenters. The van der Waals surface area contributed by atoms with Crippen LogP contribution in [-0.4, -0.2) is 55.3 Å². The third kappa shape index (κ3) is 3.61. The van der Waals surface area contributed by atoms with Crippen LogP contribution in [0.1, 0.15) is 6.92 Å². The molecule has 5 heteroatoms. The maximum atomic E-state index is 11.3. The average Bonchev–Trinajstić information content (AvgIpc) is 2.46. The van der Waals surface area contributed by atoms with Gasteiger partial charge in [0.15, 0.2) is 0 Å². The summed E-state index contributed by atoms with van der Waals surface area (Å²) in [4.78, 5) is 15.4. The summed E-state index contributed by atoms with van der Waals surface area (Å²) in [6, 6.07) is 7.83. The van der Waals surface area contributed by atoms with Gasteiger partial charge in [0.1, 0.15) is 12.4 Å². The minimum atomic E-state index is 0.0226. The topological polar surface area (TPSA) is 53.0 Å². The Kier molecular flexibility index (Phi) is 4.63. The molecule has 0 atom stereocenters. The van der Waals surface area contributed by atoms with E-state index in [0.29, 0.717) is 6.61 Å². The average molecular weight is 264 g/mol. The van der Waals surface area contributed by atoms with Gasteiger partial charge in [-0.25, -0.2) is 0 Å². The van der Waals surface area contributed by atoms with Gasteiger partial charge >= 0.3 is 0 Å². The molecule has 1 saturated heterocycles. The van der Waals surface area contributed by atoms with E-state index >= 15 is 0 Å². The Labute approximate surface area is 113 Å². The van der Waals surface area contributed by atoms with Gasteiger partial charge in [-0.05, 0) is 24.3 Å². The molecule has 1 heterocycles. The molecule has 1 aliphatic rings. The van der Waals surface area contributed by atoms with Crippen LogP contribution < -0.4 is 9.64 Å². The van der Waals surface area contributed by atoms with Crippen molar-refractivity contribution < 1.29 is 14.6 Å². The maximum absolute atomic E-state index is 11.3. The van der Waals surface area contributed by atoms with E-state index in [9.17, 15) is 4.79 Å². The van der Waals surface area contributed by atoms with Gasteiger partial charge in [-0.3, -0.25) is 4.79 Å². The molecule has 0 aliphatic carbocycles. The Morgan fingerprint density at radius 1 is 1.21 bits per heavy atom. The summed E-state index contributed by atoms with van der Waals surface area (Å²) in [6.07, 6.45) is 0. The molecule has 1 aromatic carbocycles. The molecule has 1 amide bonds. The van der Waals surface area contributed by atoms with Crippen molar-refractivity contribution in [1.29, 1.82) is 0 Å². The number of nitrogens with zero attached hydrogens (tertiary/aromatic N) is 2. The first kappa shape index (κ1) is 13.7. The maximum Gasteiger partial charge on any atom is 0.219 e. The Hall–Kier alpha value is -1.75. The van der Waals surface area contributed by atoms with Crippen LogP contribution in [0.25, 0.3) is 0 Å². The molecule has 104 valence electrons. The van der Waals surface area contributed by atoms with Gasteiger partial charge in [0.05, 0.1) is 6.61 Å². The van der Waals surface area contributed by atoms with Crippen LogP contribution in [0.15, 0.2) is 24.3 Å². The van der Waals surface area contributed by atoms with Crippen LogP contribution >= 0.6 is 0 Å². The first-order chi connectivity index (χ1) is 9.20. The number of anilines is 1. The fourth-order valence-corrected chi connectivity index (χ4v) is 2.20. The van der Waals surface area contributed by atoms with Crippen LogP contribution in [0.3, 0.4) is 0 Å². The Balaban J connectivity index is 1.90. The number of benzene rings is 1. The molecular weight excluding hydrogens is 244 g/mol. The summed E-state index contributed by atoms with van der Waals surface area (Å²) in [7, 11) is 0. The third-order valence-corrected chi connectivity index (χ3v) is 3.29. The summed E-state index contributed by atoms with van der Waals surface area (Å²) in [6.45, 7) is 5.22. The molecule has 1 aliphatic heterocycles. The number of rotatable bonds is 4. The second kappa shape index (κ2) is 6.43. The normalized spacial score (nSPS) is 15.5. The monoisotopic (exact) mass is 264 g/mol. The molecule has 19 heavy (non-hydrogen) atoms. The fourth-order valence-electron chi connectivity index (χ4n) is 2.20. The molecule has 0 spiro atoms. The minimum absolute atomic E-state index is 0.0226. The van der Waals surface area contributed by atoms with E-state index in [4.69, 9.17) is 9.84 Å². The lowest BCUT2D eigenvalue weighted by Gasteiger charge is -2.35. The third-order valence-electron chi connectivity index (χ3n) is 3.29. The number of aliphatic hydroxyl groups excluding tert-OH is 1. The zero-order valence-electron chi connectivity index (χ0n) is 11.2. The predicted octanol–water partition coefficient (Wildman–Crippen LogP) is 0.726. The van der Waals surface area contributed by atoms with Gasteiger partial charge in [0.2, 0.25) is 5.91 Å². The molecule has 2 rings (SSSR count). The predicted molar refractivity (Wildman–Crippen MR) is 73.5 cm³/mol. The highest BCUT2D eigenvalue weighted by Gasteiger charge is 2.18. The lowest BCUT2D eigenvalue weighted by atomic mass is 10.2. The highest BCUT2D eigenvalue weighted by molar-refractivity contribution is 5.73. The second-order valence-electron chi connectivity index (χ2n) is 4.56. The number of ether oxygens (including phenoxy) is 1. The lowest BCUT2D eigenvalue weighted by Crippen LogP contribution is -2.48.